The Labute approximate surface area is 164 Å². The first-order chi connectivity index (χ1) is 13.5. The van der Waals surface area contributed by atoms with Gasteiger partial charge in [0.2, 0.25) is 10.0 Å². The van der Waals surface area contributed by atoms with Crippen molar-refractivity contribution in [1.82, 2.24) is 18.4 Å². The first-order valence-corrected chi connectivity index (χ1v) is 11.1. The number of hydrogen-bond acceptors (Lipinski definition) is 4. The summed E-state index contributed by atoms with van der Waals surface area (Å²) in [6, 6.07) is 12.3. The van der Waals surface area contributed by atoms with Crippen LogP contribution in [-0.4, -0.2) is 39.9 Å². The van der Waals surface area contributed by atoms with Gasteiger partial charge in [-0.25, -0.2) is 18.2 Å². The number of benzene rings is 1. The van der Waals surface area contributed by atoms with Gasteiger partial charge in [-0.15, -0.1) is 0 Å². The van der Waals surface area contributed by atoms with E-state index in [-0.39, 0.29) is 11.6 Å². The molecule has 7 nitrogen and oxygen atoms in total. The summed E-state index contributed by atoms with van der Waals surface area (Å²) in [4.78, 5) is 17.5. The first-order valence-electron chi connectivity index (χ1n) is 9.61. The van der Waals surface area contributed by atoms with E-state index < -0.39 is 10.0 Å². The van der Waals surface area contributed by atoms with Gasteiger partial charge in [0.05, 0.1) is 10.4 Å². The van der Waals surface area contributed by atoms with E-state index in [0.29, 0.717) is 36.7 Å². The highest BCUT2D eigenvalue weighted by molar-refractivity contribution is 7.89. The zero-order valence-electron chi connectivity index (χ0n) is 15.9. The number of pyridine rings is 1. The van der Waals surface area contributed by atoms with Gasteiger partial charge in [-0.3, -0.25) is 9.13 Å². The highest BCUT2D eigenvalue weighted by Crippen LogP contribution is 2.25. The summed E-state index contributed by atoms with van der Waals surface area (Å²) in [5.41, 5.74) is 1.50. The Kier molecular flexibility index (Phi) is 5.07. The number of hydrogen-bond donors (Lipinski definition) is 0. The first kappa shape index (κ1) is 18.9. The van der Waals surface area contributed by atoms with Crippen LogP contribution in [0.25, 0.3) is 11.2 Å². The van der Waals surface area contributed by atoms with Crippen molar-refractivity contribution in [3.8, 4) is 0 Å². The Morgan fingerprint density at radius 2 is 1.75 bits per heavy atom. The standard InChI is InChI=1S/C20H24N4O3S/c1-2-23-18-9-6-12-21-19(18)24(20(23)25)15-16-10-13-22(14-11-16)28(26,27)17-7-4-3-5-8-17/h3-9,12,16H,2,10-11,13-15H2,1H3. The van der Waals surface area contributed by atoms with Gasteiger partial charge in [-0.1, -0.05) is 18.2 Å². The van der Waals surface area contributed by atoms with Crippen LogP contribution in [0.3, 0.4) is 0 Å². The van der Waals surface area contributed by atoms with Crippen LogP contribution in [-0.2, 0) is 23.1 Å². The lowest BCUT2D eigenvalue weighted by atomic mass is 9.98. The monoisotopic (exact) mass is 400 g/mol. The lowest BCUT2D eigenvalue weighted by Gasteiger charge is -2.31. The average Bonchev–Trinajstić information content (AvgIpc) is 3.00. The van der Waals surface area contributed by atoms with Crippen molar-refractivity contribution in [2.45, 2.75) is 37.8 Å². The van der Waals surface area contributed by atoms with Gasteiger partial charge < -0.3 is 0 Å². The van der Waals surface area contributed by atoms with Gasteiger partial charge in [-0.05, 0) is 49.9 Å². The zero-order chi connectivity index (χ0) is 19.7. The van der Waals surface area contributed by atoms with Crippen molar-refractivity contribution in [2.75, 3.05) is 13.1 Å². The molecule has 0 aliphatic carbocycles. The summed E-state index contributed by atoms with van der Waals surface area (Å²) in [5.74, 6) is 0.248. The van der Waals surface area contributed by atoms with E-state index in [1.165, 1.54) is 0 Å². The van der Waals surface area contributed by atoms with Crippen LogP contribution in [0.5, 0.6) is 0 Å². The van der Waals surface area contributed by atoms with Crippen LogP contribution in [0, 0.1) is 5.92 Å². The number of fused-ring (bicyclic) bond motifs is 1. The third kappa shape index (κ3) is 3.27. The highest BCUT2D eigenvalue weighted by Gasteiger charge is 2.30. The van der Waals surface area contributed by atoms with E-state index in [0.717, 1.165) is 18.4 Å². The highest BCUT2D eigenvalue weighted by atomic mass is 32.2. The maximum absolute atomic E-state index is 12.8. The van der Waals surface area contributed by atoms with Crippen LogP contribution in [0.2, 0.25) is 0 Å². The molecule has 4 rings (SSSR count). The van der Waals surface area contributed by atoms with E-state index in [1.54, 1.807) is 43.9 Å². The topological polar surface area (TPSA) is 77.2 Å². The Morgan fingerprint density at radius 1 is 1.04 bits per heavy atom. The minimum atomic E-state index is -3.45. The minimum absolute atomic E-state index is 0.0458. The SMILES string of the molecule is CCn1c(=O)n(CC2CCN(S(=O)(=O)c3ccccc3)CC2)c2ncccc21. The van der Waals surface area contributed by atoms with E-state index in [9.17, 15) is 13.2 Å². The molecule has 1 aromatic carbocycles. The summed E-state index contributed by atoms with van der Waals surface area (Å²) < 4.78 is 30.6. The molecule has 28 heavy (non-hydrogen) atoms. The molecule has 0 saturated carbocycles. The molecule has 2 aromatic heterocycles. The smallest absolute Gasteiger partial charge is 0.291 e. The van der Waals surface area contributed by atoms with Crippen molar-refractivity contribution in [3.63, 3.8) is 0 Å². The van der Waals surface area contributed by atoms with Crippen molar-refractivity contribution < 1.29 is 8.42 Å². The van der Waals surface area contributed by atoms with E-state index in [1.807, 2.05) is 25.1 Å². The third-order valence-electron chi connectivity index (χ3n) is 5.49. The molecule has 0 bridgehead atoms. The van der Waals surface area contributed by atoms with Crippen molar-refractivity contribution >= 4 is 21.2 Å². The molecule has 0 atom stereocenters. The van der Waals surface area contributed by atoms with Crippen molar-refractivity contribution in [2.24, 2.45) is 5.92 Å². The van der Waals surface area contributed by atoms with Crippen molar-refractivity contribution in [3.05, 3.63) is 59.1 Å². The molecule has 3 heterocycles. The molecule has 1 aliphatic rings. The number of aryl methyl sites for hydroxylation is 1. The van der Waals surface area contributed by atoms with Gasteiger partial charge in [0, 0.05) is 32.4 Å². The Morgan fingerprint density at radius 3 is 2.43 bits per heavy atom. The molecule has 0 amide bonds. The molecular formula is C20H24N4O3S. The van der Waals surface area contributed by atoms with Crippen LogP contribution >= 0.6 is 0 Å². The number of nitrogens with zero attached hydrogens (tertiary/aromatic N) is 4. The number of aromatic nitrogens is 3. The van der Waals surface area contributed by atoms with Crippen LogP contribution < -0.4 is 5.69 Å². The van der Waals surface area contributed by atoms with Gasteiger partial charge in [0.25, 0.3) is 0 Å². The average molecular weight is 401 g/mol. The van der Waals surface area contributed by atoms with E-state index in [2.05, 4.69) is 4.98 Å². The number of sulfonamides is 1. The van der Waals surface area contributed by atoms with Gasteiger partial charge >= 0.3 is 5.69 Å². The minimum Gasteiger partial charge on any atom is -0.291 e. The van der Waals surface area contributed by atoms with E-state index >= 15 is 0 Å². The van der Waals surface area contributed by atoms with Gasteiger partial charge in [-0.2, -0.15) is 4.31 Å². The predicted molar refractivity (Wildman–Crippen MR) is 108 cm³/mol. The summed E-state index contributed by atoms with van der Waals surface area (Å²) >= 11 is 0. The predicted octanol–water partition coefficient (Wildman–Crippen LogP) is 2.32. The van der Waals surface area contributed by atoms with Gasteiger partial charge in [0.15, 0.2) is 5.65 Å². The number of piperidine rings is 1. The van der Waals surface area contributed by atoms with Crippen molar-refractivity contribution in [1.29, 1.82) is 0 Å². The Bertz CT molecular complexity index is 1130. The fourth-order valence-corrected chi connectivity index (χ4v) is 5.44. The summed E-state index contributed by atoms with van der Waals surface area (Å²) in [6.45, 7) is 4.05. The number of rotatable bonds is 5. The fraction of sp³-hybridized carbons (Fsp3) is 0.400. The summed E-state index contributed by atoms with van der Waals surface area (Å²) in [6.07, 6.45) is 3.15. The molecule has 3 aromatic rings. The Hall–Kier alpha value is -2.45. The molecule has 1 saturated heterocycles. The summed E-state index contributed by atoms with van der Waals surface area (Å²) in [5, 5.41) is 0. The molecule has 148 valence electrons. The second-order valence-electron chi connectivity index (χ2n) is 7.14. The largest absolute Gasteiger partial charge is 0.330 e. The molecular weight excluding hydrogens is 376 g/mol. The number of imidazole rings is 1. The van der Waals surface area contributed by atoms with E-state index in [4.69, 9.17) is 0 Å². The molecule has 1 fully saturated rings. The molecule has 0 N–H and O–H groups in total. The van der Waals surface area contributed by atoms with Gasteiger partial charge in [0.1, 0.15) is 0 Å². The van der Waals surface area contributed by atoms with Crippen LogP contribution in [0.15, 0.2) is 58.4 Å². The maximum Gasteiger partial charge on any atom is 0.330 e. The van der Waals surface area contributed by atoms with Crippen LogP contribution in [0.4, 0.5) is 0 Å². The zero-order valence-corrected chi connectivity index (χ0v) is 16.7. The second kappa shape index (κ2) is 7.52. The molecule has 0 unspecified atom stereocenters. The second-order valence-corrected chi connectivity index (χ2v) is 9.08. The quantitative estimate of drug-likeness (QED) is 0.659. The molecule has 1 aliphatic heterocycles. The maximum atomic E-state index is 12.8. The third-order valence-corrected chi connectivity index (χ3v) is 7.40. The fourth-order valence-electron chi connectivity index (χ4n) is 3.95. The molecule has 0 spiro atoms. The Balaban J connectivity index is 1.51. The normalized spacial score (nSPS) is 16.6. The lowest BCUT2D eigenvalue weighted by Crippen LogP contribution is -2.40. The molecule has 0 radical (unpaired) electrons. The summed E-state index contributed by atoms with van der Waals surface area (Å²) in [7, 11) is -3.45. The lowest BCUT2D eigenvalue weighted by molar-refractivity contribution is 0.252. The van der Waals surface area contributed by atoms with Crippen LogP contribution in [0.1, 0.15) is 19.8 Å². The molecule has 8 heteroatoms.